The van der Waals surface area contributed by atoms with Crippen LogP contribution >= 0.6 is 11.6 Å². The summed E-state index contributed by atoms with van der Waals surface area (Å²) in [4.78, 5) is 9.21. The molecule has 1 radical (unpaired) electrons. The Kier molecular flexibility index (Phi) is 6.34. The second-order valence-corrected chi connectivity index (χ2v) is 2.63. The van der Waals surface area contributed by atoms with Crippen molar-refractivity contribution in [3.63, 3.8) is 0 Å². The van der Waals surface area contributed by atoms with Crippen LogP contribution in [0.5, 0.6) is 0 Å². The Labute approximate surface area is 76.8 Å². The van der Waals surface area contributed by atoms with Gasteiger partial charge in [-0.05, 0) is 17.2 Å². The average molecular weight is 186 g/mol. The van der Waals surface area contributed by atoms with E-state index in [0.717, 1.165) is 5.56 Å². The lowest BCUT2D eigenvalue weighted by atomic mass is 10.2. The van der Waals surface area contributed by atoms with E-state index in [1.54, 1.807) is 0 Å². The molecule has 3 heteroatoms. The standard InChI is InChI=1S/C7H7O.C2H3ClO/c8-6-7-4-2-1-3-5-7;1-2(3)4/h1-5H,6H2;1H3. The molecule has 1 rings (SSSR count). The van der Waals surface area contributed by atoms with E-state index >= 15 is 0 Å². The minimum absolute atomic E-state index is 0.110. The summed E-state index contributed by atoms with van der Waals surface area (Å²) in [5, 5.41) is 9.77. The van der Waals surface area contributed by atoms with E-state index < -0.39 is 0 Å². The van der Waals surface area contributed by atoms with Crippen LogP contribution in [0, 0.1) is 0 Å². The smallest absolute Gasteiger partial charge is 0.218 e. The van der Waals surface area contributed by atoms with Crippen molar-refractivity contribution in [2.45, 2.75) is 13.5 Å². The first-order chi connectivity index (χ1) is 5.66. The lowest BCUT2D eigenvalue weighted by Crippen LogP contribution is -1.75. The number of hydrogen-bond acceptors (Lipinski definition) is 1. The molecule has 0 aliphatic carbocycles. The van der Waals surface area contributed by atoms with Crippen LogP contribution in [0.2, 0.25) is 0 Å². The number of hydrogen-bond donors (Lipinski definition) is 0. The Morgan fingerprint density at radius 3 is 2.00 bits per heavy atom. The number of benzene rings is 1. The van der Waals surface area contributed by atoms with E-state index in [2.05, 4.69) is 11.6 Å². The largest absolute Gasteiger partial charge is 0.282 e. The van der Waals surface area contributed by atoms with Crippen molar-refractivity contribution >= 4 is 16.8 Å². The van der Waals surface area contributed by atoms with Gasteiger partial charge in [-0.15, -0.1) is 0 Å². The number of halogens is 1. The third-order valence-electron chi connectivity index (χ3n) is 1.01. The van der Waals surface area contributed by atoms with Crippen molar-refractivity contribution in [1.29, 1.82) is 0 Å². The van der Waals surface area contributed by atoms with Crippen molar-refractivity contribution in [3.8, 4) is 0 Å². The highest BCUT2D eigenvalue weighted by molar-refractivity contribution is 6.62. The zero-order valence-electron chi connectivity index (χ0n) is 6.79. The maximum absolute atomic E-state index is 10.1. The lowest BCUT2D eigenvalue weighted by Gasteiger charge is -1.87. The van der Waals surface area contributed by atoms with Crippen LogP contribution in [0.15, 0.2) is 30.3 Å². The monoisotopic (exact) mass is 185 g/mol. The summed E-state index contributed by atoms with van der Waals surface area (Å²) in [6.45, 7) is 1.18. The minimum Gasteiger partial charge on any atom is -0.282 e. The van der Waals surface area contributed by atoms with Gasteiger partial charge in [0.25, 0.3) is 0 Å². The zero-order valence-corrected chi connectivity index (χ0v) is 7.54. The van der Waals surface area contributed by atoms with Gasteiger partial charge >= 0.3 is 0 Å². The number of rotatable bonds is 1. The molecule has 0 aliphatic rings. The molecule has 0 spiro atoms. The van der Waals surface area contributed by atoms with Gasteiger partial charge in [-0.2, -0.15) is 0 Å². The first-order valence-electron chi connectivity index (χ1n) is 3.45. The molecule has 1 aromatic rings. The Hall–Kier alpha value is -0.860. The van der Waals surface area contributed by atoms with Crippen molar-refractivity contribution in [3.05, 3.63) is 35.9 Å². The summed E-state index contributed by atoms with van der Waals surface area (Å²) in [5.41, 5.74) is 0.854. The van der Waals surface area contributed by atoms with E-state index in [-0.39, 0.29) is 11.8 Å². The Morgan fingerprint density at radius 1 is 1.33 bits per heavy atom. The van der Waals surface area contributed by atoms with Crippen LogP contribution < -0.4 is 0 Å². The Bertz CT molecular complexity index is 217. The lowest BCUT2D eigenvalue weighted by molar-refractivity contribution is -0.109. The van der Waals surface area contributed by atoms with Crippen molar-refractivity contribution in [2.24, 2.45) is 0 Å². The number of carbonyl (C=O) groups excluding carboxylic acids is 1. The van der Waals surface area contributed by atoms with Gasteiger partial charge in [-0.1, -0.05) is 30.3 Å². The molecule has 0 fully saturated rings. The van der Waals surface area contributed by atoms with E-state index in [4.69, 9.17) is 0 Å². The molecule has 0 heterocycles. The van der Waals surface area contributed by atoms with E-state index in [1.807, 2.05) is 30.3 Å². The SMILES string of the molecule is CC(=O)Cl.[O]Cc1ccccc1. The van der Waals surface area contributed by atoms with Gasteiger partial charge < -0.3 is 0 Å². The third kappa shape index (κ3) is 7.25. The number of carbonyl (C=O) groups is 1. The zero-order chi connectivity index (χ0) is 9.40. The predicted molar refractivity (Wildman–Crippen MR) is 47.4 cm³/mol. The Morgan fingerprint density at radius 2 is 1.75 bits per heavy atom. The normalized spacial score (nSPS) is 8.25. The molecule has 0 atom stereocenters. The van der Waals surface area contributed by atoms with E-state index in [0.29, 0.717) is 0 Å². The molecular weight excluding hydrogens is 176 g/mol. The van der Waals surface area contributed by atoms with Gasteiger partial charge in [0, 0.05) is 6.92 Å². The summed E-state index contributed by atoms with van der Waals surface area (Å²) < 4.78 is 0. The highest BCUT2D eigenvalue weighted by atomic mass is 35.5. The van der Waals surface area contributed by atoms with Crippen LogP contribution in [0.3, 0.4) is 0 Å². The van der Waals surface area contributed by atoms with E-state index in [1.165, 1.54) is 6.92 Å². The minimum atomic E-state index is -0.361. The van der Waals surface area contributed by atoms with Gasteiger partial charge in [0.1, 0.15) is 6.61 Å². The second kappa shape index (κ2) is 6.83. The molecule has 12 heavy (non-hydrogen) atoms. The fraction of sp³-hybridized carbons (Fsp3) is 0.222. The van der Waals surface area contributed by atoms with Crippen LogP contribution in [-0.2, 0) is 16.5 Å². The first-order valence-corrected chi connectivity index (χ1v) is 3.82. The second-order valence-electron chi connectivity index (χ2n) is 2.10. The molecule has 0 aliphatic heterocycles. The van der Waals surface area contributed by atoms with Gasteiger partial charge in [0.05, 0.1) is 0 Å². The van der Waals surface area contributed by atoms with Gasteiger partial charge in [-0.25, -0.2) is 5.11 Å². The van der Waals surface area contributed by atoms with Crippen LogP contribution in [-0.4, -0.2) is 5.24 Å². The summed E-state index contributed by atoms with van der Waals surface area (Å²) >= 11 is 4.64. The van der Waals surface area contributed by atoms with Crippen LogP contribution in [0.4, 0.5) is 0 Å². The molecule has 2 nitrogen and oxygen atoms in total. The van der Waals surface area contributed by atoms with Gasteiger partial charge in [0.15, 0.2) is 0 Å². The molecule has 0 saturated heterocycles. The molecule has 1 aromatic carbocycles. The van der Waals surface area contributed by atoms with Crippen LogP contribution in [0.1, 0.15) is 12.5 Å². The molecule has 65 valence electrons. The molecule has 0 N–H and O–H groups in total. The highest BCUT2D eigenvalue weighted by Crippen LogP contribution is 1.95. The fourth-order valence-corrected chi connectivity index (χ4v) is 0.574. The molecular formula is C9H10ClO2. The topological polar surface area (TPSA) is 37.0 Å². The van der Waals surface area contributed by atoms with Crippen molar-refractivity contribution < 1.29 is 9.90 Å². The summed E-state index contributed by atoms with van der Waals surface area (Å²) in [7, 11) is 0. The van der Waals surface area contributed by atoms with Gasteiger partial charge in [-0.3, -0.25) is 4.79 Å². The van der Waals surface area contributed by atoms with Crippen LogP contribution in [0.25, 0.3) is 0 Å². The predicted octanol–water partition coefficient (Wildman–Crippen LogP) is 2.39. The Balaban J connectivity index is 0.000000261. The molecule has 0 saturated carbocycles. The molecule has 0 bridgehead atoms. The third-order valence-corrected chi connectivity index (χ3v) is 1.01. The molecule has 0 aromatic heterocycles. The summed E-state index contributed by atoms with van der Waals surface area (Å²) in [6, 6.07) is 9.29. The summed E-state index contributed by atoms with van der Waals surface area (Å²) in [6.07, 6.45) is 0. The first kappa shape index (κ1) is 11.1. The molecule has 0 unspecified atom stereocenters. The maximum atomic E-state index is 10.1. The summed E-state index contributed by atoms with van der Waals surface area (Å²) in [5.74, 6) is 0. The fourth-order valence-electron chi connectivity index (χ4n) is 0.574. The van der Waals surface area contributed by atoms with Crippen molar-refractivity contribution in [2.75, 3.05) is 0 Å². The average Bonchev–Trinajstić information content (AvgIpc) is 2.05. The highest BCUT2D eigenvalue weighted by Gasteiger charge is 1.82. The van der Waals surface area contributed by atoms with Gasteiger partial charge in [0.2, 0.25) is 5.24 Å². The van der Waals surface area contributed by atoms with E-state index in [9.17, 15) is 9.90 Å². The maximum Gasteiger partial charge on any atom is 0.218 e. The van der Waals surface area contributed by atoms with Crippen molar-refractivity contribution in [1.82, 2.24) is 0 Å². The molecule has 0 amide bonds. The quantitative estimate of drug-likeness (QED) is 0.619.